The van der Waals surface area contributed by atoms with Crippen molar-refractivity contribution in [3.05, 3.63) is 18.1 Å². The summed E-state index contributed by atoms with van der Waals surface area (Å²) in [5.41, 5.74) is 0.0301. The Hall–Kier alpha value is -0.620. The van der Waals surface area contributed by atoms with Gasteiger partial charge >= 0.3 is 0 Å². The molecule has 0 amide bonds. The molecule has 0 aliphatic carbocycles. The zero-order valence-electron chi connectivity index (χ0n) is 11.7. The number of morpholine rings is 1. The molecule has 0 unspecified atom stereocenters. The van der Waals surface area contributed by atoms with Crippen LogP contribution in [0.15, 0.2) is 12.3 Å². The molecule has 2 saturated heterocycles. The number of aryl methyl sites for hydroxylation is 1. The van der Waals surface area contributed by atoms with E-state index in [-0.39, 0.29) is 30.4 Å². The van der Waals surface area contributed by atoms with E-state index in [1.54, 1.807) is 0 Å². The van der Waals surface area contributed by atoms with Crippen LogP contribution >= 0.6 is 24.8 Å². The Kier molecular flexibility index (Phi) is 6.45. The maximum absolute atomic E-state index is 6.06. The molecule has 1 aromatic rings. The Labute approximate surface area is 132 Å². The van der Waals surface area contributed by atoms with Crippen LogP contribution < -0.4 is 10.2 Å². The van der Waals surface area contributed by atoms with Crippen molar-refractivity contribution in [3.63, 3.8) is 0 Å². The van der Waals surface area contributed by atoms with Crippen molar-refractivity contribution in [2.24, 2.45) is 0 Å². The van der Waals surface area contributed by atoms with Crippen LogP contribution in [-0.2, 0) is 4.74 Å². The van der Waals surface area contributed by atoms with Crippen molar-refractivity contribution in [1.29, 1.82) is 0 Å². The van der Waals surface area contributed by atoms with Crippen LogP contribution in [0, 0.1) is 6.92 Å². The maximum Gasteiger partial charge on any atom is 0.132 e. The molecule has 0 radical (unpaired) electrons. The third-order valence-corrected chi connectivity index (χ3v) is 3.85. The second-order valence-electron chi connectivity index (χ2n) is 5.17. The summed E-state index contributed by atoms with van der Waals surface area (Å²) in [6, 6.07) is 1.99. The zero-order chi connectivity index (χ0) is 12.4. The molecular formula is C13H22Cl2N4O. The summed E-state index contributed by atoms with van der Waals surface area (Å²) in [6.07, 6.45) is 4.02. The third kappa shape index (κ3) is 3.73. The number of hydrogen-bond acceptors (Lipinski definition) is 5. The first-order valence-electron chi connectivity index (χ1n) is 6.67. The summed E-state index contributed by atoms with van der Waals surface area (Å²) in [5.74, 6) is 1.86. The average molecular weight is 321 g/mol. The lowest BCUT2D eigenvalue weighted by Gasteiger charge is -2.45. The van der Waals surface area contributed by atoms with Gasteiger partial charge in [-0.2, -0.15) is 0 Å². The molecule has 3 rings (SSSR count). The summed E-state index contributed by atoms with van der Waals surface area (Å²) in [4.78, 5) is 11.0. The topological polar surface area (TPSA) is 50.3 Å². The van der Waals surface area contributed by atoms with E-state index < -0.39 is 0 Å². The standard InChI is InChI=1S/C13H20N4O.2ClH/c1-11-15-5-2-12(16-11)17-8-9-18-13(10-17)3-6-14-7-4-13;;/h2,5,14H,3-4,6-10H2,1H3;2*1H. The van der Waals surface area contributed by atoms with E-state index in [1.807, 2.05) is 19.2 Å². The van der Waals surface area contributed by atoms with Gasteiger partial charge in [0.15, 0.2) is 0 Å². The molecule has 2 fully saturated rings. The fourth-order valence-corrected chi connectivity index (χ4v) is 2.85. The van der Waals surface area contributed by atoms with Gasteiger partial charge in [0.1, 0.15) is 11.6 Å². The maximum atomic E-state index is 6.06. The highest BCUT2D eigenvalue weighted by Gasteiger charge is 2.38. The number of aromatic nitrogens is 2. The minimum Gasteiger partial charge on any atom is -0.371 e. The molecule has 7 heteroatoms. The average Bonchev–Trinajstić information content (AvgIpc) is 2.40. The summed E-state index contributed by atoms with van der Waals surface area (Å²) < 4.78 is 6.06. The molecule has 1 N–H and O–H groups in total. The van der Waals surface area contributed by atoms with Gasteiger partial charge < -0.3 is 15.0 Å². The molecule has 20 heavy (non-hydrogen) atoms. The Morgan fingerprint density at radius 3 is 2.75 bits per heavy atom. The third-order valence-electron chi connectivity index (χ3n) is 3.85. The molecule has 3 heterocycles. The number of ether oxygens (including phenoxy) is 1. The minimum absolute atomic E-state index is 0. The predicted molar refractivity (Wildman–Crippen MR) is 84.3 cm³/mol. The monoisotopic (exact) mass is 320 g/mol. The van der Waals surface area contributed by atoms with E-state index in [2.05, 4.69) is 20.2 Å². The molecule has 1 spiro atoms. The van der Waals surface area contributed by atoms with E-state index in [4.69, 9.17) is 4.74 Å². The highest BCUT2D eigenvalue weighted by Crippen LogP contribution is 2.29. The van der Waals surface area contributed by atoms with Crippen LogP contribution in [0.1, 0.15) is 18.7 Å². The van der Waals surface area contributed by atoms with E-state index in [1.165, 1.54) is 0 Å². The minimum atomic E-state index is 0. The van der Waals surface area contributed by atoms with Crippen molar-refractivity contribution in [1.82, 2.24) is 15.3 Å². The number of nitrogens with one attached hydrogen (secondary N) is 1. The van der Waals surface area contributed by atoms with Crippen LogP contribution in [0.25, 0.3) is 0 Å². The van der Waals surface area contributed by atoms with Crippen molar-refractivity contribution < 1.29 is 4.74 Å². The second kappa shape index (κ2) is 7.41. The molecule has 1 aromatic heterocycles. The molecule has 0 saturated carbocycles. The van der Waals surface area contributed by atoms with Gasteiger partial charge in [0, 0.05) is 19.3 Å². The molecule has 0 aromatic carbocycles. The number of nitrogens with zero attached hydrogens (tertiary/aromatic N) is 3. The van der Waals surface area contributed by atoms with Gasteiger partial charge in [0.25, 0.3) is 0 Å². The zero-order valence-corrected chi connectivity index (χ0v) is 13.3. The van der Waals surface area contributed by atoms with Gasteiger partial charge in [-0.3, -0.25) is 0 Å². The van der Waals surface area contributed by atoms with Gasteiger partial charge in [0.05, 0.1) is 12.2 Å². The highest BCUT2D eigenvalue weighted by atomic mass is 35.5. The van der Waals surface area contributed by atoms with Crippen LogP contribution in [0.3, 0.4) is 0 Å². The first kappa shape index (κ1) is 17.4. The van der Waals surface area contributed by atoms with Crippen LogP contribution in [-0.4, -0.2) is 48.4 Å². The smallest absolute Gasteiger partial charge is 0.132 e. The molecule has 2 aliphatic heterocycles. The molecule has 0 atom stereocenters. The predicted octanol–water partition coefficient (Wildman–Crippen LogP) is 1.59. The normalized spacial score (nSPS) is 20.9. The van der Waals surface area contributed by atoms with Crippen molar-refractivity contribution in [2.45, 2.75) is 25.4 Å². The quantitative estimate of drug-likeness (QED) is 0.851. The second-order valence-corrected chi connectivity index (χ2v) is 5.17. The first-order chi connectivity index (χ1) is 8.77. The van der Waals surface area contributed by atoms with Gasteiger partial charge in [0.2, 0.25) is 0 Å². The summed E-state index contributed by atoms with van der Waals surface area (Å²) in [7, 11) is 0. The summed E-state index contributed by atoms with van der Waals surface area (Å²) >= 11 is 0. The highest BCUT2D eigenvalue weighted by molar-refractivity contribution is 5.85. The first-order valence-corrected chi connectivity index (χ1v) is 6.67. The molecule has 2 aliphatic rings. The van der Waals surface area contributed by atoms with Crippen molar-refractivity contribution in [3.8, 4) is 0 Å². The van der Waals surface area contributed by atoms with Gasteiger partial charge in [-0.05, 0) is 38.9 Å². The fourth-order valence-electron chi connectivity index (χ4n) is 2.85. The van der Waals surface area contributed by atoms with Gasteiger partial charge in [-0.25, -0.2) is 9.97 Å². The lowest BCUT2D eigenvalue weighted by atomic mass is 9.90. The molecule has 5 nitrogen and oxygen atoms in total. The lowest BCUT2D eigenvalue weighted by Crippen LogP contribution is -2.56. The SMILES string of the molecule is Cc1nccc(N2CCOC3(CCNCC3)C2)n1.Cl.Cl. The summed E-state index contributed by atoms with van der Waals surface area (Å²) in [5, 5.41) is 3.40. The van der Waals surface area contributed by atoms with Crippen LogP contribution in [0.4, 0.5) is 5.82 Å². The number of piperidine rings is 1. The van der Waals surface area contributed by atoms with Gasteiger partial charge in [-0.15, -0.1) is 24.8 Å². The van der Waals surface area contributed by atoms with Crippen molar-refractivity contribution in [2.75, 3.05) is 37.7 Å². The number of halogens is 2. The fraction of sp³-hybridized carbons (Fsp3) is 0.692. The Bertz CT molecular complexity index is 421. The Morgan fingerprint density at radius 1 is 1.30 bits per heavy atom. The molecule has 0 bridgehead atoms. The number of hydrogen-bond donors (Lipinski definition) is 1. The van der Waals surface area contributed by atoms with E-state index in [0.29, 0.717) is 0 Å². The number of anilines is 1. The van der Waals surface area contributed by atoms with Crippen LogP contribution in [0.2, 0.25) is 0 Å². The van der Waals surface area contributed by atoms with E-state index >= 15 is 0 Å². The number of rotatable bonds is 1. The molecule has 114 valence electrons. The Morgan fingerprint density at radius 2 is 2.05 bits per heavy atom. The lowest BCUT2D eigenvalue weighted by molar-refractivity contribution is -0.0740. The summed E-state index contributed by atoms with van der Waals surface area (Å²) in [6.45, 7) is 6.71. The molecular weight excluding hydrogens is 299 g/mol. The largest absolute Gasteiger partial charge is 0.371 e. The Balaban J connectivity index is 0.000001000. The van der Waals surface area contributed by atoms with Crippen molar-refractivity contribution >= 4 is 30.6 Å². The van der Waals surface area contributed by atoms with Crippen LogP contribution in [0.5, 0.6) is 0 Å². The van der Waals surface area contributed by atoms with E-state index in [9.17, 15) is 0 Å². The van der Waals surface area contributed by atoms with Gasteiger partial charge in [-0.1, -0.05) is 0 Å². The van der Waals surface area contributed by atoms with E-state index in [0.717, 1.165) is 57.3 Å².